The lowest BCUT2D eigenvalue weighted by Gasteiger charge is -2.31. The molecule has 0 saturated heterocycles. The van der Waals surface area contributed by atoms with E-state index in [2.05, 4.69) is 10.3 Å². The zero-order chi connectivity index (χ0) is 27.2. The van der Waals surface area contributed by atoms with E-state index in [9.17, 15) is 18.0 Å². The van der Waals surface area contributed by atoms with Crippen molar-refractivity contribution in [3.05, 3.63) is 95.2 Å². The summed E-state index contributed by atoms with van der Waals surface area (Å²) in [5.41, 5.74) is 6.28. The molecule has 1 heterocycles. The van der Waals surface area contributed by atoms with E-state index >= 15 is 0 Å². The number of pyridine rings is 1. The molecule has 0 aliphatic rings. The number of carbonyl (C=O) groups is 1. The molecule has 37 heavy (non-hydrogen) atoms. The number of ether oxygens (including phenoxy) is 1. The molecular weight excluding hydrogens is 481 g/mol. The van der Waals surface area contributed by atoms with E-state index in [1.165, 1.54) is 13.8 Å². The largest absolute Gasteiger partial charge is 0.462 e. The molecule has 2 aromatic carbocycles. The predicted molar refractivity (Wildman–Crippen MR) is 136 cm³/mol. The van der Waals surface area contributed by atoms with Crippen LogP contribution >= 0.6 is 0 Å². The first-order chi connectivity index (χ1) is 17.3. The summed E-state index contributed by atoms with van der Waals surface area (Å²) in [5, 5.41) is 10.6. The highest BCUT2D eigenvalue weighted by molar-refractivity contribution is 5.85. The lowest BCUT2D eigenvalue weighted by atomic mass is 9.85. The Bertz CT molecular complexity index is 1210. The average molecular weight is 513 g/mol. The van der Waals surface area contributed by atoms with E-state index in [0.29, 0.717) is 19.0 Å². The Balaban J connectivity index is 1.79. The number of rotatable bonds is 10. The number of amidine groups is 1. The molecule has 4 N–H and O–H groups in total. The molecule has 6 nitrogen and oxygen atoms in total. The quantitative estimate of drug-likeness (QED) is 0.255. The van der Waals surface area contributed by atoms with Crippen LogP contribution in [0.3, 0.4) is 0 Å². The first kappa shape index (κ1) is 27.7. The molecule has 0 bridgehead atoms. The van der Waals surface area contributed by atoms with Crippen molar-refractivity contribution in [1.82, 2.24) is 10.3 Å². The van der Waals surface area contributed by atoms with Crippen molar-refractivity contribution < 1.29 is 22.7 Å². The summed E-state index contributed by atoms with van der Waals surface area (Å²) >= 11 is 0. The average Bonchev–Trinajstić information content (AvgIpc) is 2.82. The van der Waals surface area contributed by atoms with E-state index in [4.69, 9.17) is 15.9 Å². The van der Waals surface area contributed by atoms with Crippen LogP contribution in [0.15, 0.2) is 72.9 Å². The van der Waals surface area contributed by atoms with E-state index in [1.54, 1.807) is 0 Å². The summed E-state index contributed by atoms with van der Waals surface area (Å²) in [5.74, 6) is -0.564. The van der Waals surface area contributed by atoms with E-state index < -0.39 is 23.2 Å². The predicted octanol–water partition coefficient (Wildman–Crippen LogP) is 5.27. The Morgan fingerprint density at radius 2 is 1.73 bits per heavy atom. The molecule has 2 atom stereocenters. The maximum atomic E-state index is 13.2. The fraction of sp³-hybridized carbons (Fsp3) is 0.321. The number of nitrogens with two attached hydrogens (primary N) is 1. The molecule has 0 aliphatic heterocycles. The fourth-order valence-corrected chi connectivity index (χ4v) is 4.00. The molecule has 1 aromatic heterocycles. The van der Waals surface area contributed by atoms with Crippen molar-refractivity contribution in [3.63, 3.8) is 0 Å². The standard InChI is InChI=1S/C28H31F3N4O2/c1-18(35-26(36)27(2,3)37-25-13-12-22(17-34-25)28(29,30)31)23(15-19-8-5-4-6-9-19)21-11-7-10-20(14-21)16-24(32)33/h4-14,17-18,23H,15-16H2,1-3H3,(H3,32,33)(H,35,36). The highest BCUT2D eigenvalue weighted by Crippen LogP contribution is 2.30. The van der Waals surface area contributed by atoms with Gasteiger partial charge < -0.3 is 15.8 Å². The Labute approximate surface area is 214 Å². The fourth-order valence-electron chi connectivity index (χ4n) is 4.00. The van der Waals surface area contributed by atoms with Gasteiger partial charge in [-0.15, -0.1) is 0 Å². The van der Waals surface area contributed by atoms with Gasteiger partial charge in [0, 0.05) is 30.6 Å². The van der Waals surface area contributed by atoms with Crippen LogP contribution in [0.25, 0.3) is 0 Å². The zero-order valence-corrected chi connectivity index (χ0v) is 21.0. The number of hydrogen-bond donors (Lipinski definition) is 3. The third-order valence-electron chi connectivity index (χ3n) is 6.00. The number of amides is 1. The number of benzene rings is 2. The van der Waals surface area contributed by atoms with Gasteiger partial charge in [0.25, 0.3) is 5.91 Å². The first-order valence-electron chi connectivity index (χ1n) is 11.8. The molecule has 0 fully saturated rings. The molecule has 1 amide bonds. The second-order valence-electron chi connectivity index (χ2n) is 9.50. The summed E-state index contributed by atoms with van der Waals surface area (Å²) in [4.78, 5) is 16.9. The molecule has 0 aliphatic carbocycles. The Morgan fingerprint density at radius 3 is 2.32 bits per heavy atom. The number of alkyl halides is 3. The van der Waals surface area contributed by atoms with Crippen LogP contribution in [0.2, 0.25) is 0 Å². The van der Waals surface area contributed by atoms with Gasteiger partial charge in [-0.1, -0.05) is 54.6 Å². The molecular formula is C28H31F3N4O2. The van der Waals surface area contributed by atoms with Gasteiger partial charge in [-0.2, -0.15) is 13.2 Å². The highest BCUT2D eigenvalue weighted by atomic mass is 19.4. The highest BCUT2D eigenvalue weighted by Gasteiger charge is 2.34. The summed E-state index contributed by atoms with van der Waals surface area (Å²) in [6, 6.07) is 19.3. The third kappa shape index (κ3) is 7.80. The van der Waals surface area contributed by atoms with Gasteiger partial charge in [0.1, 0.15) is 0 Å². The number of nitrogens with one attached hydrogen (secondary N) is 2. The van der Waals surface area contributed by atoms with Gasteiger partial charge in [-0.3, -0.25) is 10.2 Å². The van der Waals surface area contributed by atoms with Crippen LogP contribution < -0.4 is 15.8 Å². The van der Waals surface area contributed by atoms with Crippen LogP contribution in [0.5, 0.6) is 5.88 Å². The van der Waals surface area contributed by atoms with Gasteiger partial charge in [0.2, 0.25) is 5.88 Å². The molecule has 9 heteroatoms. The number of halogens is 3. The number of carbonyl (C=O) groups excluding carboxylic acids is 1. The molecule has 3 rings (SSSR count). The molecule has 2 unspecified atom stereocenters. The minimum atomic E-state index is -4.51. The normalized spacial score (nSPS) is 13.5. The molecule has 3 aromatic rings. The second kappa shape index (κ2) is 11.5. The van der Waals surface area contributed by atoms with Gasteiger partial charge in [0.15, 0.2) is 5.60 Å². The van der Waals surface area contributed by atoms with Gasteiger partial charge >= 0.3 is 6.18 Å². The van der Waals surface area contributed by atoms with Crippen molar-refractivity contribution in [3.8, 4) is 5.88 Å². The lowest BCUT2D eigenvalue weighted by molar-refractivity contribution is -0.138. The maximum Gasteiger partial charge on any atom is 0.417 e. The second-order valence-corrected chi connectivity index (χ2v) is 9.50. The Hall–Kier alpha value is -3.88. The first-order valence-corrected chi connectivity index (χ1v) is 11.8. The van der Waals surface area contributed by atoms with Crippen molar-refractivity contribution >= 4 is 11.7 Å². The van der Waals surface area contributed by atoms with Gasteiger partial charge in [-0.05, 0) is 49.9 Å². The molecule has 196 valence electrons. The number of nitrogens with zero attached hydrogens (tertiary/aromatic N) is 1. The summed E-state index contributed by atoms with van der Waals surface area (Å²) < 4.78 is 44.2. The van der Waals surface area contributed by atoms with Gasteiger partial charge in [0.05, 0.1) is 11.4 Å². The zero-order valence-electron chi connectivity index (χ0n) is 21.0. The summed E-state index contributed by atoms with van der Waals surface area (Å²) in [6.07, 6.45) is -2.86. The summed E-state index contributed by atoms with van der Waals surface area (Å²) in [7, 11) is 0. The minimum absolute atomic E-state index is 0.0638. The molecule has 0 spiro atoms. The topological polar surface area (TPSA) is 101 Å². The van der Waals surface area contributed by atoms with Crippen LogP contribution in [0, 0.1) is 5.41 Å². The number of aromatic nitrogens is 1. The molecule has 0 saturated carbocycles. The smallest absolute Gasteiger partial charge is 0.417 e. The van der Waals surface area contributed by atoms with E-state index in [0.717, 1.165) is 28.8 Å². The van der Waals surface area contributed by atoms with Crippen LogP contribution in [0.1, 0.15) is 48.9 Å². The Morgan fingerprint density at radius 1 is 1.05 bits per heavy atom. The van der Waals surface area contributed by atoms with Crippen molar-refractivity contribution in [2.24, 2.45) is 5.73 Å². The minimum Gasteiger partial charge on any atom is -0.462 e. The molecule has 0 radical (unpaired) electrons. The van der Waals surface area contributed by atoms with Crippen LogP contribution in [-0.4, -0.2) is 28.4 Å². The van der Waals surface area contributed by atoms with Crippen LogP contribution in [0.4, 0.5) is 13.2 Å². The van der Waals surface area contributed by atoms with Crippen molar-refractivity contribution in [1.29, 1.82) is 5.41 Å². The van der Waals surface area contributed by atoms with Crippen molar-refractivity contribution in [2.45, 2.75) is 57.3 Å². The Kier molecular flexibility index (Phi) is 8.57. The van der Waals surface area contributed by atoms with Crippen molar-refractivity contribution in [2.75, 3.05) is 0 Å². The van der Waals surface area contributed by atoms with Gasteiger partial charge in [-0.25, -0.2) is 4.98 Å². The maximum absolute atomic E-state index is 13.2. The SMILES string of the molecule is CC(NC(=O)C(C)(C)Oc1ccc(C(F)(F)F)cn1)C(Cc1ccccc1)c1cccc(CC(=N)N)c1. The monoisotopic (exact) mass is 512 g/mol. The van der Waals surface area contributed by atoms with E-state index in [-0.39, 0.29) is 23.7 Å². The summed E-state index contributed by atoms with van der Waals surface area (Å²) in [6.45, 7) is 4.97. The van der Waals surface area contributed by atoms with Crippen LogP contribution in [-0.2, 0) is 23.8 Å². The third-order valence-corrected chi connectivity index (χ3v) is 6.00. The van der Waals surface area contributed by atoms with E-state index in [1.807, 2.05) is 61.5 Å². The number of hydrogen-bond acceptors (Lipinski definition) is 4. The lowest BCUT2D eigenvalue weighted by Crippen LogP contribution is -2.51.